The van der Waals surface area contributed by atoms with Crippen molar-refractivity contribution >= 4 is 21.4 Å². The van der Waals surface area contributed by atoms with E-state index in [0.717, 1.165) is 6.26 Å². The highest BCUT2D eigenvalue weighted by Gasteiger charge is 2.24. The minimum Gasteiger partial charge on any atom is -0.297 e. The summed E-state index contributed by atoms with van der Waals surface area (Å²) in [6, 6.07) is 4.79. The molecular formula is C15H15ClFN3O3S. The molecule has 1 N–H and O–H groups in total. The summed E-state index contributed by atoms with van der Waals surface area (Å²) in [5.74, 6) is -0.472. The van der Waals surface area contributed by atoms with Crippen LogP contribution in [0.1, 0.15) is 16.8 Å². The zero-order valence-electron chi connectivity index (χ0n) is 12.8. The first-order valence-electron chi connectivity index (χ1n) is 7.23. The third kappa shape index (κ3) is 3.35. The Morgan fingerprint density at radius 3 is 2.88 bits per heavy atom. The van der Waals surface area contributed by atoms with Gasteiger partial charge in [-0.05, 0) is 12.5 Å². The van der Waals surface area contributed by atoms with Crippen molar-refractivity contribution in [2.24, 2.45) is 0 Å². The summed E-state index contributed by atoms with van der Waals surface area (Å²) < 4.78 is 37.3. The van der Waals surface area contributed by atoms with E-state index < -0.39 is 21.2 Å². The second-order valence-corrected chi connectivity index (χ2v) is 8.08. The summed E-state index contributed by atoms with van der Waals surface area (Å²) in [7, 11) is -3.61. The number of benzene rings is 1. The van der Waals surface area contributed by atoms with Gasteiger partial charge in [0.05, 0.1) is 10.7 Å². The van der Waals surface area contributed by atoms with Gasteiger partial charge in [-0.2, -0.15) is 0 Å². The first kappa shape index (κ1) is 17.1. The number of H-pyrrole nitrogens is 1. The first-order valence-corrected chi connectivity index (χ1v) is 9.50. The highest BCUT2D eigenvalue weighted by atomic mass is 35.5. The number of nitrogens with zero attached hydrogens (tertiary/aromatic N) is 2. The van der Waals surface area contributed by atoms with Gasteiger partial charge in [0.2, 0.25) is 15.0 Å². The SMILES string of the molecule is CS(=O)(=O)c1nc2c(c(=O)[nH]1)CCN(Cc1cccc(Cl)c1F)C2. The third-order valence-electron chi connectivity index (χ3n) is 3.91. The average Bonchev–Trinajstić information content (AvgIpc) is 2.50. The smallest absolute Gasteiger partial charge is 0.255 e. The molecule has 1 aromatic carbocycles. The van der Waals surface area contributed by atoms with Gasteiger partial charge in [-0.25, -0.2) is 17.8 Å². The maximum atomic E-state index is 14.0. The van der Waals surface area contributed by atoms with Crippen molar-refractivity contribution in [2.45, 2.75) is 24.7 Å². The number of hydrogen-bond acceptors (Lipinski definition) is 5. The van der Waals surface area contributed by atoms with Crippen LogP contribution in [-0.4, -0.2) is 36.1 Å². The first-order chi connectivity index (χ1) is 11.3. The molecule has 0 radical (unpaired) electrons. The molecule has 0 unspecified atom stereocenters. The number of hydrogen-bond donors (Lipinski definition) is 1. The van der Waals surface area contributed by atoms with Crippen molar-refractivity contribution in [3.8, 4) is 0 Å². The highest BCUT2D eigenvalue weighted by Crippen LogP contribution is 2.22. The van der Waals surface area contributed by atoms with Gasteiger partial charge in [0.15, 0.2) is 0 Å². The van der Waals surface area contributed by atoms with E-state index in [1.807, 2.05) is 4.90 Å². The fourth-order valence-corrected chi connectivity index (χ4v) is 3.44. The zero-order chi connectivity index (χ0) is 17.5. The van der Waals surface area contributed by atoms with Gasteiger partial charge in [-0.3, -0.25) is 14.7 Å². The number of aromatic nitrogens is 2. The van der Waals surface area contributed by atoms with Gasteiger partial charge >= 0.3 is 0 Å². The molecular weight excluding hydrogens is 357 g/mol. The van der Waals surface area contributed by atoms with E-state index in [0.29, 0.717) is 36.3 Å². The summed E-state index contributed by atoms with van der Waals surface area (Å²) in [5.41, 5.74) is 0.895. The van der Waals surface area contributed by atoms with E-state index in [1.165, 1.54) is 6.07 Å². The molecule has 2 heterocycles. The fourth-order valence-electron chi connectivity index (χ4n) is 2.69. The Bertz CT molecular complexity index is 959. The van der Waals surface area contributed by atoms with E-state index >= 15 is 0 Å². The van der Waals surface area contributed by atoms with Crippen molar-refractivity contribution in [3.05, 3.63) is 56.2 Å². The maximum absolute atomic E-state index is 14.0. The molecule has 1 aliphatic heterocycles. The van der Waals surface area contributed by atoms with Crippen molar-refractivity contribution in [2.75, 3.05) is 12.8 Å². The Morgan fingerprint density at radius 1 is 1.42 bits per heavy atom. The minimum absolute atomic E-state index is 0.0545. The summed E-state index contributed by atoms with van der Waals surface area (Å²) in [6.45, 7) is 1.12. The Kier molecular flexibility index (Phi) is 4.46. The molecule has 9 heteroatoms. The molecule has 0 atom stereocenters. The fraction of sp³-hybridized carbons (Fsp3) is 0.333. The molecule has 0 bridgehead atoms. The minimum atomic E-state index is -3.61. The van der Waals surface area contributed by atoms with Gasteiger partial charge in [0, 0.05) is 37.0 Å². The Morgan fingerprint density at radius 2 is 2.17 bits per heavy atom. The molecule has 1 aliphatic rings. The molecule has 2 aromatic rings. The molecule has 3 rings (SSSR count). The lowest BCUT2D eigenvalue weighted by Crippen LogP contribution is -2.35. The largest absolute Gasteiger partial charge is 0.297 e. The predicted molar refractivity (Wildman–Crippen MR) is 87.2 cm³/mol. The quantitative estimate of drug-likeness (QED) is 0.827. The lowest BCUT2D eigenvalue weighted by Gasteiger charge is -2.27. The van der Waals surface area contributed by atoms with Crippen LogP contribution in [0.5, 0.6) is 0 Å². The molecule has 6 nitrogen and oxygen atoms in total. The third-order valence-corrected chi connectivity index (χ3v) is 5.10. The number of halogens is 2. The Hall–Kier alpha value is -1.77. The summed E-state index contributed by atoms with van der Waals surface area (Å²) in [4.78, 5) is 20.3. The van der Waals surface area contributed by atoms with Gasteiger partial charge < -0.3 is 0 Å². The second kappa shape index (κ2) is 6.27. The number of aromatic amines is 1. The van der Waals surface area contributed by atoms with Crippen molar-refractivity contribution in [1.29, 1.82) is 0 Å². The number of sulfone groups is 1. The normalized spacial score (nSPS) is 15.3. The van der Waals surface area contributed by atoms with Crippen molar-refractivity contribution in [3.63, 3.8) is 0 Å². The van der Waals surface area contributed by atoms with Gasteiger partial charge in [-0.15, -0.1) is 0 Å². The molecule has 0 saturated heterocycles. The van der Waals surface area contributed by atoms with Gasteiger partial charge in [0.25, 0.3) is 5.56 Å². The van der Waals surface area contributed by atoms with Crippen LogP contribution < -0.4 is 5.56 Å². The van der Waals surface area contributed by atoms with Crippen LogP contribution in [0.2, 0.25) is 5.02 Å². The highest BCUT2D eigenvalue weighted by molar-refractivity contribution is 7.90. The van der Waals surface area contributed by atoms with E-state index in [9.17, 15) is 17.6 Å². The van der Waals surface area contributed by atoms with E-state index in [2.05, 4.69) is 9.97 Å². The lowest BCUT2D eigenvalue weighted by molar-refractivity contribution is 0.236. The molecule has 0 fully saturated rings. The van der Waals surface area contributed by atoms with Crippen LogP contribution in [0, 0.1) is 5.82 Å². The van der Waals surface area contributed by atoms with Crippen LogP contribution in [-0.2, 0) is 29.3 Å². The molecule has 24 heavy (non-hydrogen) atoms. The van der Waals surface area contributed by atoms with E-state index in [-0.39, 0.29) is 16.7 Å². The molecule has 1 aromatic heterocycles. The number of rotatable bonds is 3. The van der Waals surface area contributed by atoms with Gasteiger partial charge in [-0.1, -0.05) is 23.7 Å². The lowest BCUT2D eigenvalue weighted by atomic mass is 10.1. The molecule has 0 saturated carbocycles. The maximum Gasteiger partial charge on any atom is 0.255 e. The summed E-state index contributed by atoms with van der Waals surface area (Å²) >= 11 is 5.79. The Labute approximate surface area is 143 Å². The average molecular weight is 372 g/mol. The Balaban J connectivity index is 1.90. The standard InChI is InChI=1S/C15H15ClFN3O3S/c1-24(22,23)15-18-12-8-20(6-5-10(12)14(21)19-15)7-9-3-2-4-11(16)13(9)17/h2-4H,5-8H2,1H3,(H,18,19,21). The van der Waals surface area contributed by atoms with Crippen LogP contribution in [0.25, 0.3) is 0 Å². The van der Waals surface area contributed by atoms with Crippen LogP contribution in [0.3, 0.4) is 0 Å². The predicted octanol–water partition coefficient (Wildman–Crippen LogP) is 1.52. The van der Waals surface area contributed by atoms with E-state index in [4.69, 9.17) is 11.6 Å². The molecule has 0 aliphatic carbocycles. The van der Waals surface area contributed by atoms with E-state index in [1.54, 1.807) is 12.1 Å². The van der Waals surface area contributed by atoms with Crippen LogP contribution in [0.15, 0.2) is 28.2 Å². The van der Waals surface area contributed by atoms with Gasteiger partial charge in [0.1, 0.15) is 5.82 Å². The van der Waals surface area contributed by atoms with Crippen LogP contribution >= 0.6 is 11.6 Å². The topological polar surface area (TPSA) is 83.1 Å². The molecule has 0 amide bonds. The zero-order valence-corrected chi connectivity index (χ0v) is 14.4. The monoisotopic (exact) mass is 371 g/mol. The van der Waals surface area contributed by atoms with Crippen LogP contribution in [0.4, 0.5) is 4.39 Å². The molecule has 0 spiro atoms. The second-order valence-electron chi connectivity index (χ2n) is 5.74. The van der Waals surface area contributed by atoms with Crippen molar-refractivity contribution in [1.82, 2.24) is 14.9 Å². The summed E-state index contributed by atoms with van der Waals surface area (Å²) in [5, 5.41) is -0.291. The summed E-state index contributed by atoms with van der Waals surface area (Å²) in [6.07, 6.45) is 1.41. The number of fused-ring (bicyclic) bond motifs is 1. The molecule has 128 valence electrons. The number of nitrogens with one attached hydrogen (secondary N) is 1. The van der Waals surface area contributed by atoms with Crippen molar-refractivity contribution < 1.29 is 12.8 Å².